The minimum absolute atomic E-state index is 1.04. The van der Waals surface area contributed by atoms with Crippen LogP contribution in [0.4, 0.5) is 0 Å². The fourth-order valence-electron chi connectivity index (χ4n) is 9.00. The van der Waals surface area contributed by atoms with Crippen LogP contribution < -0.4 is 0 Å². The van der Waals surface area contributed by atoms with Crippen LogP contribution in [0.3, 0.4) is 0 Å². The molecule has 2 aromatic carbocycles. The van der Waals surface area contributed by atoms with Crippen LogP contribution in [0, 0.1) is 0 Å². The molecule has 0 saturated carbocycles. The Balaban J connectivity index is 2.36. The Morgan fingerprint density at radius 1 is 0.327 bits per heavy atom. The third-order valence-corrected chi connectivity index (χ3v) is 12.3. The predicted octanol–water partition coefficient (Wildman–Crippen LogP) is 17.2. The highest BCUT2D eigenvalue weighted by Gasteiger charge is 2.36. The number of allylic oxidation sites excluding steroid dienone is 2. The molecule has 0 radical (unpaired) electrons. The van der Waals surface area contributed by atoms with E-state index in [2.05, 4.69) is 79.7 Å². The van der Waals surface area contributed by atoms with Crippen molar-refractivity contribution in [2.24, 2.45) is 0 Å². The van der Waals surface area contributed by atoms with Gasteiger partial charge in [0.15, 0.2) is 0 Å². The van der Waals surface area contributed by atoms with Gasteiger partial charge >= 0.3 is 0 Å². The molecule has 2 aromatic rings. The van der Waals surface area contributed by atoms with Crippen molar-refractivity contribution in [3.05, 3.63) is 85.5 Å². The molecule has 0 N–H and O–H groups in total. The molecule has 308 valence electrons. The van der Waals surface area contributed by atoms with E-state index in [1.165, 1.54) is 170 Å². The van der Waals surface area contributed by atoms with Gasteiger partial charge in [-0.05, 0) is 160 Å². The summed E-state index contributed by atoms with van der Waals surface area (Å²) in [6.45, 7) is 18.6. The van der Waals surface area contributed by atoms with Gasteiger partial charge in [-0.3, -0.25) is 0 Å². The second-order valence-corrected chi connectivity index (χ2v) is 17.1. The van der Waals surface area contributed by atoms with Crippen LogP contribution >= 0.6 is 0 Å². The van der Waals surface area contributed by atoms with E-state index in [9.17, 15) is 5.53 Å². The van der Waals surface area contributed by atoms with Gasteiger partial charge in [0.25, 0.3) is 0 Å². The lowest BCUT2D eigenvalue weighted by molar-refractivity contribution is -0.345. The monoisotopic (exact) mass is 751 g/mol. The third kappa shape index (κ3) is 14.1. The van der Waals surface area contributed by atoms with Crippen LogP contribution in [-0.4, -0.2) is 4.70 Å². The van der Waals surface area contributed by atoms with E-state index < -0.39 is 0 Å². The zero-order valence-corrected chi connectivity index (χ0v) is 37.7. The second-order valence-electron chi connectivity index (χ2n) is 17.1. The van der Waals surface area contributed by atoms with Crippen molar-refractivity contribution in [3.63, 3.8) is 0 Å². The average Bonchev–Trinajstić information content (AvgIpc) is 3.47. The fraction of sp³-hybridized carbons (Fsp3) is 0.698. The molecule has 0 fully saturated rings. The zero-order valence-electron chi connectivity index (χ0n) is 37.7. The molecular weight excluding hydrogens is 665 g/mol. The summed E-state index contributed by atoms with van der Waals surface area (Å²) in [6, 6.07) is 10.1. The normalized spacial score (nSPS) is 13.3. The largest absolute Gasteiger partial charge is 0.493 e. The molecule has 0 spiro atoms. The number of rotatable bonds is 31. The summed E-state index contributed by atoms with van der Waals surface area (Å²) >= 11 is 0. The molecular formula is C53H86N2. The van der Waals surface area contributed by atoms with Gasteiger partial charge in [-0.2, -0.15) is 0 Å². The van der Waals surface area contributed by atoms with Gasteiger partial charge in [0.1, 0.15) is 0 Å². The quantitative estimate of drug-likeness (QED) is 0.0542. The van der Waals surface area contributed by atoms with Crippen LogP contribution in [0.2, 0.25) is 0 Å². The van der Waals surface area contributed by atoms with Crippen LogP contribution in [0.15, 0.2) is 35.4 Å². The van der Waals surface area contributed by atoms with Crippen LogP contribution in [0.5, 0.6) is 0 Å². The highest BCUT2D eigenvalue weighted by Crippen LogP contribution is 2.46. The SMILES string of the molecule is CCCCCCCCC1=C(c2cc(CCCC)c(CCCC)c(CCCC)c2)[N+](=[N-])C(c2cc(CCCC)c(CCCC)c(CCCC)c2)=C1CCCCC. The summed E-state index contributed by atoms with van der Waals surface area (Å²) in [4.78, 5) is 0. The topological polar surface area (TPSA) is 25.3 Å². The zero-order chi connectivity index (χ0) is 39.8. The average molecular weight is 751 g/mol. The van der Waals surface area contributed by atoms with Gasteiger partial charge in [-0.1, -0.05) is 139 Å². The number of hydrogen-bond donors (Lipinski definition) is 0. The van der Waals surface area contributed by atoms with Crippen molar-refractivity contribution in [3.8, 4) is 0 Å². The summed E-state index contributed by atoms with van der Waals surface area (Å²) in [5, 5.41) is 0. The summed E-state index contributed by atoms with van der Waals surface area (Å²) in [5.74, 6) is 0. The predicted molar refractivity (Wildman–Crippen MR) is 244 cm³/mol. The molecule has 0 atom stereocenters. The minimum Gasteiger partial charge on any atom is -0.493 e. The maximum absolute atomic E-state index is 12.9. The molecule has 1 heterocycles. The van der Waals surface area contributed by atoms with Gasteiger partial charge in [0.2, 0.25) is 11.4 Å². The van der Waals surface area contributed by atoms with Crippen molar-refractivity contribution in [1.29, 1.82) is 0 Å². The Hall–Kier alpha value is -2.48. The molecule has 3 rings (SSSR count). The van der Waals surface area contributed by atoms with Gasteiger partial charge < -0.3 is 5.53 Å². The summed E-state index contributed by atoms with van der Waals surface area (Å²) < 4.78 is 1.73. The number of nitrogens with zero attached hydrogens (tertiary/aromatic N) is 2. The molecule has 0 saturated heterocycles. The summed E-state index contributed by atoms with van der Waals surface area (Å²) in [6.07, 6.45) is 35.0. The lowest BCUT2D eigenvalue weighted by atomic mass is 9.86. The minimum atomic E-state index is 1.04. The number of aryl methyl sites for hydroxylation is 4. The Morgan fingerprint density at radius 3 is 0.945 bits per heavy atom. The van der Waals surface area contributed by atoms with E-state index in [0.29, 0.717) is 0 Å². The maximum atomic E-state index is 12.9. The fourth-order valence-corrected chi connectivity index (χ4v) is 9.00. The van der Waals surface area contributed by atoms with Gasteiger partial charge in [-0.25, -0.2) is 4.70 Å². The van der Waals surface area contributed by atoms with Gasteiger partial charge in [-0.15, -0.1) is 0 Å². The smallest absolute Gasteiger partial charge is 0.211 e. The maximum Gasteiger partial charge on any atom is 0.211 e. The first-order valence-electron chi connectivity index (χ1n) is 24.2. The molecule has 2 heteroatoms. The molecule has 0 aliphatic carbocycles. The van der Waals surface area contributed by atoms with E-state index in [4.69, 9.17) is 0 Å². The van der Waals surface area contributed by atoms with Crippen molar-refractivity contribution < 1.29 is 4.70 Å². The van der Waals surface area contributed by atoms with E-state index in [0.717, 1.165) is 49.9 Å². The molecule has 0 amide bonds. The third-order valence-electron chi connectivity index (χ3n) is 12.3. The standard InChI is InChI=1S/C53H86N2/c1-9-17-25-26-27-29-37-51-50(36-28-18-10-2)52(46-38-42(30-19-11-3)48(34-23-15-7)43(39-46)31-20-12-4)55(54)53(51)47-40-44(32-21-13-5)49(35-24-16-8)45(41-47)33-22-14-6/h38-41H,9-37H2,1-8H3. The molecule has 1 aliphatic heterocycles. The molecule has 0 bridgehead atoms. The van der Waals surface area contributed by atoms with Crippen molar-refractivity contribution in [1.82, 2.24) is 0 Å². The Labute approximate surface area is 342 Å². The number of hydrogen-bond acceptors (Lipinski definition) is 0. The summed E-state index contributed by atoms with van der Waals surface area (Å²) in [7, 11) is 0. The van der Waals surface area contributed by atoms with E-state index in [1.54, 1.807) is 38.1 Å². The highest BCUT2D eigenvalue weighted by molar-refractivity contribution is 5.83. The first-order valence-corrected chi connectivity index (χ1v) is 24.2. The Kier molecular flexibility index (Phi) is 23.2. The molecule has 2 nitrogen and oxygen atoms in total. The summed E-state index contributed by atoms with van der Waals surface area (Å²) in [5.41, 5.74) is 30.0. The van der Waals surface area contributed by atoms with Gasteiger partial charge in [0.05, 0.1) is 0 Å². The highest BCUT2D eigenvalue weighted by atomic mass is 15.2. The first kappa shape index (κ1) is 46.9. The molecule has 0 unspecified atom stereocenters. The molecule has 55 heavy (non-hydrogen) atoms. The van der Waals surface area contributed by atoms with E-state index in [-0.39, 0.29) is 0 Å². The number of unbranched alkanes of at least 4 members (excludes halogenated alkanes) is 13. The Bertz CT molecular complexity index is 1430. The van der Waals surface area contributed by atoms with Crippen molar-refractivity contribution in [2.75, 3.05) is 0 Å². The first-order chi connectivity index (χ1) is 26.9. The van der Waals surface area contributed by atoms with Gasteiger partial charge in [0, 0.05) is 22.3 Å². The van der Waals surface area contributed by atoms with E-state index in [1.807, 2.05) is 0 Å². The van der Waals surface area contributed by atoms with Crippen LogP contribution in [0.1, 0.15) is 248 Å². The van der Waals surface area contributed by atoms with Crippen molar-refractivity contribution >= 4 is 11.4 Å². The lowest BCUT2D eigenvalue weighted by Gasteiger charge is -2.20. The molecule has 0 aromatic heterocycles. The van der Waals surface area contributed by atoms with E-state index >= 15 is 0 Å². The number of benzene rings is 2. The lowest BCUT2D eigenvalue weighted by Crippen LogP contribution is -2.09. The van der Waals surface area contributed by atoms with Crippen molar-refractivity contribution in [2.45, 2.75) is 242 Å². The van der Waals surface area contributed by atoms with Crippen LogP contribution in [-0.2, 0) is 38.5 Å². The second kappa shape index (κ2) is 27.2. The molecule has 1 aliphatic rings. The van der Waals surface area contributed by atoms with Crippen LogP contribution in [0.25, 0.3) is 16.9 Å². The Morgan fingerprint density at radius 2 is 0.600 bits per heavy atom.